The molecule has 3 nitrogen and oxygen atoms in total. The molecule has 0 unspecified atom stereocenters. The normalized spacial score (nSPS) is 15.3. The molecule has 0 atom stereocenters. The largest absolute Gasteiger partial charge is 0.491 e. The van der Waals surface area contributed by atoms with E-state index in [0.29, 0.717) is 23.2 Å². The zero-order valence-corrected chi connectivity index (χ0v) is 9.47. The molecule has 2 rings (SSSR count). The van der Waals surface area contributed by atoms with E-state index in [4.69, 9.17) is 9.84 Å². The number of rotatable bonds is 5. The third-order valence-corrected chi connectivity index (χ3v) is 3.71. The van der Waals surface area contributed by atoms with Crippen LogP contribution >= 0.6 is 11.3 Å². The molecular weight excluding hydrogens is 212 g/mol. The van der Waals surface area contributed by atoms with Gasteiger partial charge in [0.25, 0.3) is 0 Å². The predicted molar refractivity (Wildman–Crippen MR) is 58.9 cm³/mol. The first-order chi connectivity index (χ1) is 7.20. The van der Waals surface area contributed by atoms with E-state index in [1.807, 2.05) is 13.0 Å². The Morgan fingerprint density at radius 2 is 2.40 bits per heavy atom. The Kier molecular flexibility index (Phi) is 2.95. The Bertz CT molecular complexity index is 366. The highest BCUT2D eigenvalue weighted by atomic mass is 32.1. The highest BCUT2D eigenvalue weighted by Gasteiger charge is 2.24. The van der Waals surface area contributed by atoms with Gasteiger partial charge in [-0.15, -0.1) is 11.3 Å². The maximum absolute atomic E-state index is 10.9. The maximum Gasteiger partial charge on any atom is 0.349 e. The van der Waals surface area contributed by atoms with E-state index >= 15 is 0 Å². The van der Waals surface area contributed by atoms with E-state index in [9.17, 15) is 4.79 Å². The van der Waals surface area contributed by atoms with Gasteiger partial charge in [0.05, 0.1) is 6.61 Å². The molecule has 1 saturated carbocycles. The fourth-order valence-corrected chi connectivity index (χ4v) is 2.22. The molecule has 1 aromatic heterocycles. The first-order valence-corrected chi connectivity index (χ1v) is 6.01. The van der Waals surface area contributed by atoms with E-state index < -0.39 is 5.97 Å². The summed E-state index contributed by atoms with van der Waals surface area (Å²) in [6, 6.07) is 1.86. The van der Waals surface area contributed by atoms with Crippen molar-refractivity contribution in [1.29, 1.82) is 0 Å². The highest BCUT2D eigenvalue weighted by molar-refractivity contribution is 7.14. The SMILES string of the molecule is CCc1cc(OCC2CC2)c(C(=O)O)s1. The summed E-state index contributed by atoms with van der Waals surface area (Å²) < 4.78 is 5.53. The Morgan fingerprint density at radius 1 is 1.67 bits per heavy atom. The monoisotopic (exact) mass is 226 g/mol. The molecule has 1 aliphatic rings. The van der Waals surface area contributed by atoms with Crippen LogP contribution < -0.4 is 4.74 Å². The van der Waals surface area contributed by atoms with Crippen molar-refractivity contribution in [1.82, 2.24) is 0 Å². The molecule has 82 valence electrons. The number of carboxylic acid groups (broad SMARTS) is 1. The van der Waals surface area contributed by atoms with Crippen molar-refractivity contribution in [2.75, 3.05) is 6.61 Å². The first-order valence-electron chi connectivity index (χ1n) is 5.19. The van der Waals surface area contributed by atoms with Crippen LogP contribution in [0, 0.1) is 5.92 Å². The van der Waals surface area contributed by atoms with Gasteiger partial charge < -0.3 is 9.84 Å². The topological polar surface area (TPSA) is 46.5 Å². The Morgan fingerprint density at radius 3 is 2.93 bits per heavy atom. The van der Waals surface area contributed by atoms with E-state index in [1.165, 1.54) is 24.2 Å². The molecule has 1 fully saturated rings. The minimum atomic E-state index is -0.884. The number of hydrogen-bond donors (Lipinski definition) is 1. The molecule has 0 aliphatic heterocycles. The number of carboxylic acids is 1. The predicted octanol–water partition coefficient (Wildman–Crippen LogP) is 2.80. The molecule has 0 aromatic carbocycles. The lowest BCUT2D eigenvalue weighted by atomic mass is 10.3. The molecule has 15 heavy (non-hydrogen) atoms. The molecule has 1 heterocycles. The van der Waals surface area contributed by atoms with Crippen molar-refractivity contribution < 1.29 is 14.6 Å². The molecular formula is C11H14O3S. The van der Waals surface area contributed by atoms with Crippen LogP contribution in [0.3, 0.4) is 0 Å². The third kappa shape index (κ3) is 2.50. The Labute approximate surface area is 92.7 Å². The van der Waals surface area contributed by atoms with Gasteiger partial charge in [0.15, 0.2) is 4.88 Å². The van der Waals surface area contributed by atoms with E-state index in [0.717, 1.165) is 11.3 Å². The lowest BCUT2D eigenvalue weighted by Crippen LogP contribution is -2.02. The zero-order chi connectivity index (χ0) is 10.8. The summed E-state index contributed by atoms with van der Waals surface area (Å²) in [7, 11) is 0. The molecule has 0 spiro atoms. The number of aryl methyl sites for hydroxylation is 1. The summed E-state index contributed by atoms with van der Waals surface area (Å²) in [5, 5.41) is 8.99. The van der Waals surface area contributed by atoms with Crippen molar-refractivity contribution in [2.24, 2.45) is 5.92 Å². The van der Waals surface area contributed by atoms with Crippen LogP contribution in [0.25, 0.3) is 0 Å². The number of aromatic carboxylic acids is 1. The van der Waals surface area contributed by atoms with Gasteiger partial charge in [-0.25, -0.2) is 4.79 Å². The van der Waals surface area contributed by atoms with Gasteiger partial charge >= 0.3 is 5.97 Å². The van der Waals surface area contributed by atoms with E-state index in [1.54, 1.807) is 0 Å². The molecule has 0 radical (unpaired) electrons. The fraction of sp³-hybridized carbons (Fsp3) is 0.545. The quantitative estimate of drug-likeness (QED) is 0.839. The molecule has 1 aromatic rings. The second kappa shape index (κ2) is 4.23. The molecule has 1 N–H and O–H groups in total. The van der Waals surface area contributed by atoms with Crippen LogP contribution in [0.4, 0.5) is 0 Å². The van der Waals surface area contributed by atoms with Gasteiger partial charge in [0.2, 0.25) is 0 Å². The molecule has 0 saturated heterocycles. The van der Waals surface area contributed by atoms with Crippen molar-refractivity contribution >= 4 is 17.3 Å². The number of thiophene rings is 1. The lowest BCUT2D eigenvalue weighted by molar-refractivity contribution is 0.0698. The van der Waals surface area contributed by atoms with Crippen molar-refractivity contribution in [3.8, 4) is 5.75 Å². The van der Waals surface area contributed by atoms with Crippen LogP contribution in [-0.2, 0) is 6.42 Å². The molecule has 4 heteroatoms. The third-order valence-electron chi connectivity index (χ3n) is 2.46. The fourth-order valence-electron chi connectivity index (χ4n) is 1.35. The van der Waals surface area contributed by atoms with Gasteiger partial charge in [-0.05, 0) is 31.2 Å². The van der Waals surface area contributed by atoms with Gasteiger partial charge in [-0.2, -0.15) is 0 Å². The van der Waals surface area contributed by atoms with Crippen LogP contribution in [0.5, 0.6) is 5.75 Å². The highest BCUT2D eigenvalue weighted by Crippen LogP contribution is 2.33. The van der Waals surface area contributed by atoms with E-state index in [-0.39, 0.29) is 0 Å². The first kappa shape index (κ1) is 10.5. The maximum atomic E-state index is 10.9. The number of hydrogen-bond acceptors (Lipinski definition) is 3. The summed E-state index contributed by atoms with van der Waals surface area (Å²) in [4.78, 5) is 12.3. The van der Waals surface area contributed by atoms with Crippen LogP contribution in [0.2, 0.25) is 0 Å². The average Bonchev–Trinajstić information content (AvgIpc) is 2.94. The zero-order valence-electron chi connectivity index (χ0n) is 8.66. The Balaban J connectivity index is 2.10. The summed E-state index contributed by atoms with van der Waals surface area (Å²) in [6.07, 6.45) is 3.29. The van der Waals surface area contributed by atoms with Crippen LogP contribution in [0.15, 0.2) is 6.07 Å². The van der Waals surface area contributed by atoms with Crippen LogP contribution in [0.1, 0.15) is 34.3 Å². The summed E-state index contributed by atoms with van der Waals surface area (Å²) in [5.41, 5.74) is 0. The second-order valence-electron chi connectivity index (χ2n) is 3.82. The number of carbonyl (C=O) groups is 1. The lowest BCUT2D eigenvalue weighted by Gasteiger charge is -2.02. The molecule has 0 amide bonds. The number of ether oxygens (including phenoxy) is 1. The van der Waals surface area contributed by atoms with Gasteiger partial charge in [0, 0.05) is 4.88 Å². The second-order valence-corrected chi connectivity index (χ2v) is 4.96. The average molecular weight is 226 g/mol. The van der Waals surface area contributed by atoms with Crippen molar-refractivity contribution in [3.05, 3.63) is 15.8 Å². The smallest absolute Gasteiger partial charge is 0.349 e. The van der Waals surface area contributed by atoms with Gasteiger partial charge in [0.1, 0.15) is 5.75 Å². The van der Waals surface area contributed by atoms with Gasteiger partial charge in [-0.1, -0.05) is 6.92 Å². The van der Waals surface area contributed by atoms with Gasteiger partial charge in [-0.3, -0.25) is 0 Å². The minimum absolute atomic E-state index is 0.340. The standard InChI is InChI=1S/C11H14O3S/c1-2-8-5-9(10(15-8)11(12)13)14-6-7-3-4-7/h5,7H,2-4,6H2,1H3,(H,12,13). The summed E-state index contributed by atoms with van der Waals surface area (Å²) in [5.74, 6) is 0.318. The van der Waals surface area contributed by atoms with Crippen molar-refractivity contribution in [3.63, 3.8) is 0 Å². The summed E-state index contributed by atoms with van der Waals surface area (Å²) >= 11 is 1.32. The van der Waals surface area contributed by atoms with Crippen LogP contribution in [-0.4, -0.2) is 17.7 Å². The van der Waals surface area contributed by atoms with Crippen molar-refractivity contribution in [2.45, 2.75) is 26.2 Å². The van der Waals surface area contributed by atoms with E-state index in [2.05, 4.69) is 0 Å². The minimum Gasteiger partial charge on any atom is -0.491 e. The molecule has 0 bridgehead atoms. The molecule has 1 aliphatic carbocycles. The Hall–Kier alpha value is -1.03. The summed E-state index contributed by atoms with van der Waals surface area (Å²) in [6.45, 7) is 2.68.